The lowest BCUT2D eigenvalue weighted by molar-refractivity contribution is 0.412. The van der Waals surface area contributed by atoms with Crippen LogP contribution in [0.1, 0.15) is 11.3 Å². The second kappa shape index (κ2) is 5.47. The number of aromatic nitrogens is 4. The van der Waals surface area contributed by atoms with Crippen LogP contribution < -0.4 is 10.1 Å². The van der Waals surface area contributed by atoms with Gasteiger partial charge in [0.05, 0.1) is 16.2 Å². The summed E-state index contributed by atoms with van der Waals surface area (Å²) in [4.78, 5) is 8.63. The quantitative estimate of drug-likeness (QED) is 0.666. The van der Waals surface area contributed by atoms with Crippen molar-refractivity contribution in [1.29, 1.82) is 0 Å². The zero-order valence-corrected chi connectivity index (χ0v) is 14.0. The van der Waals surface area contributed by atoms with E-state index in [1.807, 2.05) is 26.0 Å². The highest BCUT2D eigenvalue weighted by Crippen LogP contribution is 2.30. The number of ether oxygens (including phenoxy) is 1. The Bertz CT molecular complexity index is 814. The van der Waals surface area contributed by atoms with Crippen molar-refractivity contribution in [3.63, 3.8) is 0 Å². The van der Waals surface area contributed by atoms with Crippen LogP contribution in [0.15, 0.2) is 18.5 Å². The summed E-state index contributed by atoms with van der Waals surface area (Å²) >= 11 is 2.24. The van der Waals surface area contributed by atoms with Crippen molar-refractivity contribution in [2.45, 2.75) is 13.8 Å². The Morgan fingerprint density at radius 1 is 1.19 bits per heavy atom. The number of hydrogen-bond acceptors (Lipinski definition) is 5. The number of aromatic amines is 1. The first-order chi connectivity index (χ1) is 10.1. The minimum absolute atomic E-state index is 0.732. The van der Waals surface area contributed by atoms with E-state index in [1.54, 1.807) is 7.11 Å². The average Bonchev–Trinajstić information content (AvgIpc) is 2.79. The second-order valence-corrected chi connectivity index (χ2v) is 5.84. The van der Waals surface area contributed by atoms with Crippen molar-refractivity contribution in [3.05, 3.63) is 33.3 Å². The highest BCUT2D eigenvalue weighted by molar-refractivity contribution is 14.1. The van der Waals surface area contributed by atoms with Gasteiger partial charge < -0.3 is 10.1 Å². The maximum atomic E-state index is 5.33. The van der Waals surface area contributed by atoms with E-state index in [2.05, 4.69) is 48.1 Å². The molecule has 1 aromatic carbocycles. The molecule has 0 aliphatic rings. The number of anilines is 2. The van der Waals surface area contributed by atoms with Crippen LogP contribution in [0.25, 0.3) is 10.9 Å². The third kappa shape index (κ3) is 2.53. The molecule has 0 amide bonds. The minimum atomic E-state index is 0.732. The number of hydrogen-bond donors (Lipinski definition) is 2. The van der Waals surface area contributed by atoms with Crippen molar-refractivity contribution in [3.8, 4) is 5.75 Å². The maximum Gasteiger partial charge on any atom is 0.156 e. The summed E-state index contributed by atoms with van der Waals surface area (Å²) in [6.07, 6.45) is 1.53. The molecule has 7 heteroatoms. The van der Waals surface area contributed by atoms with Gasteiger partial charge in [0, 0.05) is 22.7 Å². The molecule has 0 aliphatic carbocycles. The highest BCUT2D eigenvalue weighted by Gasteiger charge is 2.11. The molecule has 6 nitrogen and oxygen atoms in total. The van der Waals surface area contributed by atoms with E-state index in [0.717, 1.165) is 43.1 Å². The molecule has 0 unspecified atom stereocenters. The number of benzene rings is 1. The van der Waals surface area contributed by atoms with Gasteiger partial charge >= 0.3 is 0 Å². The Morgan fingerprint density at radius 3 is 2.67 bits per heavy atom. The Balaban J connectivity index is 2.10. The van der Waals surface area contributed by atoms with Crippen LogP contribution in [0.3, 0.4) is 0 Å². The molecule has 0 saturated carbocycles. The van der Waals surface area contributed by atoms with Crippen molar-refractivity contribution in [2.75, 3.05) is 12.4 Å². The molecule has 3 rings (SSSR count). The van der Waals surface area contributed by atoms with Gasteiger partial charge in [-0.15, -0.1) is 0 Å². The summed E-state index contributed by atoms with van der Waals surface area (Å²) in [5.41, 5.74) is 2.94. The number of aryl methyl sites for hydroxylation is 1. The molecule has 0 atom stereocenters. The molecule has 0 saturated heterocycles. The van der Waals surface area contributed by atoms with Crippen LogP contribution in [-0.4, -0.2) is 27.3 Å². The number of fused-ring (bicyclic) bond motifs is 1. The van der Waals surface area contributed by atoms with E-state index in [0.29, 0.717) is 0 Å². The highest BCUT2D eigenvalue weighted by atomic mass is 127. The van der Waals surface area contributed by atoms with E-state index in [1.165, 1.54) is 6.33 Å². The number of halogens is 1. The predicted molar refractivity (Wildman–Crippen MR) is 90.2 cm³/mol. The normalized spacial score (nSPS) is 10.9. The molecular formula is C14H14IN5O. The zero-order chi connectivity index (χ0) is 15.0. The summed E-state index contributed by atoms with van der Waals surface area (Å²) < 4.78 is 6.34. The smallest absolute Gasteiger partial charge is 0.156 e. The van der Waals surface area contributed by atoms with Crippen molar-refractivity contribution in [1.82, 2.24) is 20.2 Å². The number of nitrogens with one attached hydrogen (secondary N) is 2. The van der Waals surface area contributed by atoms with Crippen LogP contribution >= 0.6 is 22.6 Å². The van der Waals surface area contributed by atoms with E-state index >= 15 is 0 Å². The second-order valence-electron chi connectivity index (χ2n) is 4.67. The Hall–Kier alpha value is -1.90. The Kier molecular flexibility index (Phi) is 3.66. The van der Waals surface area contributed by atoms with Gasteiger partial charge in [0.2, 0.25) is 0 Å². The van der Waals surface area contributed by atoms with E-state index < -0.39 is 0 Å². The molecule has 0 fully saturated rings. The van der Waals surface area contributed by atoms with Gasteiger partial charge in [-0.05, 0) is 42.5 Å². The lowest BCUT2D eigenvalue weighted by atomic mass is 10.2. The molecule has 0 aliphatic heterocycles. The van der Waals surface area contributed by atoms with Gasteiger partial charge in [-0.1, -0.05) is 0 Å². The molecule has 3 aromatic rings. The van der Waals surface area contributed by atoms with Crippen LogP contribution in [0.5, 0.6) is 5.75 Å². The topological polar surface area (TPSA) is 75.7 Å². The number of rotatable bonds is 3. The third-order valence-corrected chi connectivity index (χ3v) is 4.24. The number of nitrogens with zero attached hydrogens (tertiary/aromatic N) is 3. The number of methoxy groups -OCH3 is 1. The molecule has 108 valence electrons. The van der Waals surface area contributed by atoms with Crippen molar-refractivity contribution in [2.24, 2.45) is 0 Å². The molecular weight excluding hydrogens is 381 g/mol. The first-order valence-corrected chi connectivity index (χ1v) is 7.45. The molecule has 2 heterocycles. The predicted octanol–water partition coefficient (Wildman–Crippen LogP) is 3.33. The molecule has 2 aromatic heterocycles. The Labute approximate surface area is 135 Å². The molecule has 21 heavy (non-hydrogen) atoms. The molecule has 0 radical (unpaired) electrons. The summed E-state index contributed by atoms with van der Waals surface area (Å²) in [5, 5.41) is 11.4. The van der Waals surface area contributed by atoms with Gasteiger partial charge in [0.25, 0.3) is 0 Å². The van der Waals surface area contributed by atoms with Gasteiger partial charge in [-0.2, -0.15) is 5.10 Å². The lowest BCUT2D eigenvalue weighted by Crippen LogP contribution is -1.98. The lowest BCUT2D eigenvalue weighted by Gasteiger charge is -2.09. The molecule has 2 N–H and O–H groups in total. The summed E-state index contributed by atoms with van der Waals surface area (Å²) in [5.74, 6) is 2.31. The van der Waals surface area contributed by atoms with Crippen LogP contribution in [0.2, 0.25) is 0 Å². The fraction of sp³-hybridized carbons (Fsp3) is 0.214. The largest absolute Gasteiger partial charge is 0.496 e. The summed E-state index contributed by atoms with van der Waals surface area (Å²) in [6, 6.07) is 3.92. The minimum Gasteiger partial charge on any atom is -0.496 e. The van der Waals surface area contributed by atoms with Gasteiger partial charge in [0.15, 0.2) is 5.82 Å². The first kappa shape index (κ1) is 14.1. The van der Waals surface area contributed by atoms with E-state index in [-0.39, 0.29) is 0 Å². The monoisotopic (exact) mass is 395 g/mol. The van der Waals surface area contributed by atoms with Crippen molar-refractivity contribution < 1.29 is 4.74 Å². The fourth-order valence-electron chi connectivity index (χ4n) is 2.03. The third-order valence-electron chi connectivity index (χ3n) is 3.40. The van der Waals surface area contributed by atoms with Crippen LogP contribution in [0, 0.1) is 17.4 Å². The van der Waals surface area contributed by atoms with Crippen molar-refractivity contribution >= 4 is 45.1 Å². The Morgan fingerprint density at radius 2 is 2.00 bits per heavy atom. The maximum absolute atomic E-state index is 5.33. The SMILES string of the molecule is COc1cc2ncnc(Nc3n[nH]c(C)c3C)c2cc1I. The fourth-order valence-corrected chi connectivity index (χ4v) is 2.72. The van der Waals surface area contributed by atoms with E-state index in [4.69, 9.17) is 4.74 Å². The van der Waals surface area contributed by atoms with Gasteiger partial charge in [0.1, 0.15) is 17.9 Å². The first-order valence-electron chi connectivity index (χ1n) is 6.37. The van der Waals surface area contributed by atoms with Crippen LogP contribution in [-0.2, 0) is 0 Å². The molecule has 0 spiro atoms. The average molecular weight is 395 g/mol. The van der Waals surface area contributed by atoms with Gasteiger partial charge in [-0.3, -0.25) is 5.10 Å². The van der Waals surface area contributed by atoms with Gasteiger partial charge in [-0.25, -0.2) is 9.97 Å². The standard InChI is InChI=1S/C14H14IN5O/c1-7-8(2)19-20-13(7)18-14-9-4-10(15)12(21-3)5-11(9)16-6-17-14/h4-6H,1-3H3,(H2,16,17,18,19,20). The molecule has 0 bridgehead atoms. The summed E-state index contributed by atoms with van der Waals surface area (Å²) in [7, 11) is 1.65. The van der Waals surface area contributed by atoms with Crippen LogP contribution in [0.4, 0.5) is 11.6 Å². The number of H-pyrrole nitrogens is 1. The van der Waals surface area contributed by atoms with E-state index in [9.17, 15) is 0 Å². The zero-order valence-electron chi connectivity index (χ0n) is 11.9. The summed E-state index contributed by atoms with van der Waals surface area (Å²) in [6.45, 7) is 4.00.